The van der Waals surface area contributed by atoms with Crippen molar-refractivity contribution in [1.29, 1.82) is 0 Å². The van der Waals surface area contributed by atoms with Gasteiger partial charge in [0.05, 0.1) is 0 Å². The van der Waals surface area contributed by atoms with Crippen molar-refractivity contribution < 1.29 is 36.8 Å². The van der Waals surface area contributed by atoms with Crippen molar-refractivity contribution in [1.82, 2.24) is 0 Å². The maximum Gasteiger partial charge on any atom is 3.00 e. The standard InChI is InChI=1S/2C6H10O2.BrH.In/c2*7-6(8)5-3-1-2-4-5;;/h2*5H,1-4H2,(H,7,8);1H;/q;;;+3/p-3. The van der Waals surface area contributed by atoms with Crippen LogP contribution >= 0.6 is 0 Å². The van der Waals surface area contributed by atoms with Crippen LogP contribution in [0.3, 0.4) is 0 Å². The van der Waals surface area contributed by atoms with E-state index >= 15 is 0 Å². The summed E-state index contributed by atoms with van der Waals surface area (Å²) in [5, 5.41) is 20.2. The molecule has 2 fully saturated rings. The number of carbonyl (C=O) groups is 2. The summed E-state index contributed by atoms with van der Waals surface area (Å²) in [5.74, 6) is -1.98. The molecule has 100 valence electrons. The van der Waals surface area contributed by atoms with Crippen LogP contribution in [0.1, 0.15) is 51.4 Å². The molecule has 0 heterocycles. The van der Waals surface area contributed by atoms with Gasteiger partial charge >= 0.3 is 25.8 Å². The summed E-state index contributed by atoms with van der Waals surface area (Å²) in [6, 6.07) is 0. The van der Waals surface area contributed by atoms with Crippen molar-refractivity contribution in [2.45, 2.75) is 51.4 Å². The van der Waals surface area contributed by atoms with E-state index in [9.17, 15) is 19.8 Å². The first-order valence-corrected chi connectivity index (χ1v) is 6.03. The van der Waals surface area contributed by atoms with Gasteiger partial charge in [0.15, 0.2) is 0 Å². The van der Waals surface area contributed by atoms with E-state index in [1.807, 2.05) is 0 Å². The molecule has 0 bridgehead atoms. The molecule has 0 saturated heterocycles. The second-order valence-corrected chi connectivity index (χ2v) is 4.60. The number of halogens is 1. The van der Waals surface area contributed by atoms with Gasteiger partial charge < -0.3 is 36.8 Å². The van der Waals surface area contributed by atoms with Gasteiger partial charge in [0.2, 0.25) is 0 Å². The number of carboxylic acid groups (broad SMARTS) is 2. The van der Waals surface area contributed by atoms with Crippen molar-refractivity contribution in [3.8, 4) is 0 Å². The van der Waals surface area contributed by atoms with Gasteiger partial charge in [-0.05, 0) is 37.5 Å². The van der Waals surface area contributed by atoms with Gasteiger partial charge in [0.1, 0.15) is 0 Å². The van der Waals surface area contributed by atoms with Crippen LogP contribution in [0.15, 0.2) is 0 Å². The zero-order valence-electron chi connectivity index (χ0n) is 10.4. The van der Waals surface area contributed by atoms with Crippen LogP contribution in [0.25, 0.3) is 0 Å². The fourth-order valence-corrected chi connectivity index (χ4v) is 2.32. The number of aliphatic carboxylic acids is 2. The molecule has 2 aliphatic carbocycles. The third-order valence-corrected chi connectivity index (χ3v) is 3.38. The Kier molecular flexibility index (Phi) is 12.8. The SMILES string of the molecule is O=C([O-])C1CCCC1.O=C([O-])C1CCCC1.[Br-].[In+3]. The average molecular weight is 421 g/mol. The number of carbonyl (C=O) groups excluding carboxylic acids is 2. The molecule has 4 nitrogen and oxygen atoms in total. The van der Waals surface area contributed by atoms with E-state index in [-0.39, 0.29) is 54.7 Å². The third-order valence-electron chi connectivity index (χ3n) is 3.38. The summed E-state index contributed by atoms with van der Waals surface area (Å²) in [6.07, 6.45) is 7.61. The Morgan fingerprint density at radius 2 is 0.944 bits per heavy atom. The predicted octanol–water partition coefficient (Wildman–Crippen LogP) is -3.52. The zero-order valence-corrected chi connectivity index (χ0v) is 15.3. The second-order valence-electron chi connectivity index (χ2n) is 4.60. The van der Waals surface area contributed by atoms with Crippen LogP contribution in [0.4, 0.5) is 0 Å². The van der Waals surface area contributed by atoms with Gasteiger partial charge in [-0.2, -0.15) is 0 Å². The fraction of sp³-hybridized carbons (Fsp3) is 0.833. The Morgan fingerprint density at radius 3 is 1.06 bits per heavy atom. The number of carboxylic acids is 2. The van der Waals surface area contributed by atoms with Crippen molar-refractivity contribution in [3.63, 3.8) is 0 Å². The summed E-state index contributed by atoms with van der Waals surface area (Å²) in [4.78, 5) is 20.2. The Bertz CT molecular complexity index is 222. The molecule has 0 atom stereocenters. The molecule has 0 unspecified atom stereocenters. The predicted molar refractivity (Wildman–Crippen MR) is 59.7 cm³/mol. The molecule has 0 aromatic heterocycles. The minimum atomic E-state index is -0.859. The molecule has 2 aliphatic rings. The summed E-state index contributed by atoms with van der Waals surface area (Å²) < 4.78 is 0. The van der Waals surface area contributed by atoms with Gasteiger partial charge in [-0.25, -0.2) is 0 Å². The average Bonchev–Trinajstić information content (AvgIpc) is 2.93. The van der Waals surface area contributed by atoms with Crippen LogP contribution in [0.5, 0.6) is 0 Å². The minimum Gasteiger partial charge on any atom is -1.00 e. The Balaban J connectivity index is 0. The maximum atomic E-state index is 10.1. The van der Waals surface area contributed by atoms with Gasteiger partial charge in [0.25, 0.3) is 0 Å². The maximum absolute atomic E-state index is 10.1. The molecule has 0 aromatic rings. The van der Waals surface area contributed by atoms with Gasteiger partial charge in [0, 0.05) is 11.9 Å². The molecule has 2 saturated carbocycles. The number of rotatable bonds is 2. The van der Waals surface area contributed by atoms with Crippen molar-refractivity contribution >= 4 is 37.8 Å². The molecular weight excluding hydrogens is 403 g/mol. The largest absolute Gasteiger partial charge is 3.00 e. The van der Waals surface area contributed by atoms with Crippen LogP contribution in [-0.2, 0) is 9.59 Å². The minimum absolute atomic E-state index is 0. The van der Waals surface area contributed by atoms with Crippen molar-refractivity contribution in [3.05, 3.63) is 0 Å². The number of hydrogen-bond donors (Lipinski definition) is 0. The molecule has 0 N–H and O–H groups in total. The van der Waals surface area contributed by atoms with Crippen molar-refractivity contribution in [2.75, 3.05) is 0 Å². The molecule has 0 radical (unpaired) electrons. The van der Waals surface area contributed by atoms with Crippen LogP contribution in [0.2, 0.25) is 0 Å². The van der Waals surface area contributed by atoms with Gasteiger partial charge in [-0.1, -0.05) is 25.7 Å². The van der Waals surface area contributed by atoms with Crippen molar-refractivity contribution in [2.24, 2.45) is 11.8 Å². The van der Waals surface area contributed by atoms with Gasteiger partial charge in [-0.15, -0.1) is 0 Å². The third kappa shape index (κ3) is 7.67. The van der Waals surface area contributed by atoms with E-state index in [0.29, 0.717) is 0 Å². The van der Waals surface area contributed by atoms with Gasteiger partial charge in [-0.3, -0.25) is 0 Å². The molecule has 0 spiro atoms. The van der Waals surface area contributed by atoms with E-state index < -0.39 is 11.9 Å². The summed E-state index contributed by atoms with van der Waals surface area (Å²) in [7, 11) is 0. The fourth-order valence-electron chi connectivity index (χ4n) is 2.32. The summed E-state index contributed by atoms with van der Waals surface area (Å²) in [6.45, 7) is 0. The normalized spacial score (nSPS) is 19.1. The molecule has 0 aromatic carbocycles. The first-order valence-electron chi connectivity index (χ1n) is 6.03. The molecule has 2 rings (SSSR count). The molecule has 0 amide bonds. The number of hydrogen-bond acceptors (Lipinski definition) is 4. The molecular formula is C12H18BrInO4. The summed E-state index contributed by atoms with van der Waals surface area (Å²) >= 11 is 0. The summed E-state index contributed by atoms with van der Waals surface area (Å²) in [5.41, 5.74) is 0. The van der Waals surface area contributed by atoms with E-state index in [1.165, 1.54) is 0 Å². The van der Waals surface area contributed by atoms with E-state index in [0.717, 1.165) is 51.4 Å². The quantitative estimate of drug-likeness (QED) is 0.464. The Hall–Kier alpha value is 0.290. The van der Waals surface area contributed by atoms with E-state index in [2.05, 4.69) is 0 Å². The zero-order chi connectivity index (χ0) is 12.0. The van der Waals surface area contributed by atoms with E-state index in [4.69, 9.17) is 0 Å². The second kappa shape index (κ2) is 11.1. The smallest absolute Gasteiger partial charge is 1.00 e. The Labute approximate surface area is 137 Å². The van der Waals surface area contributed by atoms with Crippen LogP contribution in [-0.4, -0.2) is 37.8 Å². The Morgan fingerprint density at radius 1 is 0.722 bits per heavy atom. The topological polar surface area (TPSA) is 80.3 Å². The molecule has 6 heteroatoms. The first kappa shape index (κ1) is 20.6. The molecule has 0 aliphatic heterocycles. The first-order chi connectivity index (χ1) is 7.61. The van der Waals surface area contributed by atoms with E-state index in [1.54, 1.807) is 0 Å². The van der Waals surface area contributed by atoms with Crippen LogP contribution < -0.4 is 27.2 Å². The van der Waals surface area contributed by atoms with Crippen LogP contribution in [0, 0.1) is 11.8 Å². The monoisotopic (exact) mass is 420 g/mol. The molecule has 18 heavy (non-hydrogen) atoms.